The van der Waals surface area contributed by atoms with Gasteiger partial charge in [0.25, 0.3) is 0 Å². The van der Waals surface area contributed by atoms with Crippen LogP contribution in [0.15, 0.2) is 36.4 Å². The van der Waals surface area contributed by atoms with Crippen molar-refractivity contribution in [1.29, 1.82) is 0 Å². The van der Waals surface area contributed by atoms with E-state index in [1.54, 1.807) is 11.3 Å². The molecular weight excluding hydrogens is 304 g/mol. The number of amides is 1. The molecule has 1 aliphatic carbocycles. The average molecular weight is 326 g/mol. The maximum Gasteiger partial charge on any atom is 0.226 e. The second-order valence-electron chi connectivity index (χ2n) is 6.62. The van der Waals surface area contributed by atoms with Crippen LogP contribution in [0, 0.1) is 5.92 Å². The van der Waals surface area contributed by atoms with Crippen LogP contribution in [0.3, 0.4) is 0 Å². The molecule has 4 rings (SSSR count). The Kier molecular flexibility index (Phi) is 4.17. The Morgan fingerprint density at radius 3 is 2.96 bits per heavy atom. The van der Waals surface area contributed by atoms with Gasteiger partial charge in [-0.05, 0) is 44.2 Å². The molecule has 0 saturated carbocycles. The van der Waals surface area contributed by atoms with Gasteiger partial charge >= 0.3 is 0 Å². The van der Waals surface area contributed by atoms with Gasteiger partial charge in [0.05, 0.1) is 15.2 Å². The maximum absolute atomic E-state index is 12.8. The van der Waals surface area contributed by atoms with Crippen molar-refractivity contribution in [2.75, 3.05) is 13.1 Å². The summed E-state index contributed by atoms with van der Waals surface area (Å²) in [5.41, 5.74) is 1.09. The van der Waals surface area contributed by atoms with Crippen LogP contribution < -0.4 is 0 Å². The van der Waals surface area contributed by atoms with E-state index >= 15 is 0 Å². The highest BCUT2D eigenvalue weighted by atomic mass is 32.1. The molecule has 2 aromatic rings. The van der Waals surface area contributed by atoms with Crippen molar-refractivity contribution in [2.24, 2.45) is 5.92 Å². The number of piperidine rings is 1. The van der Waals surface area contributed by atoms with Crippen LogP contribution in [-0.2, 0) is 4.79 Å². The number of rotatable bonds is 2. The van der Waals surface area contributed by atoms with E-state index in [-0.39, 0.29) is 5.92 Å². The molecule has 2 heterocycles. The van der Waals surface area contributed by atoms with Crippen LogP contribution >= 0.6 is 11.3 Å². The molecule has 4 heteroatoms. The van der Waals surface area contributed by atoms with Gasteiger partial charge in [-0.3, -0.25) is 4.79 Å². The van der Waals surface area contributed by atoms with Crippen LogP contribution in [-0.4, -0.2) is 28.9 Å². The van der Waals surface area contributed by atoms with Crippen molar-refractivity contribution in [3.63, 3.8) is 0 Å². The number of benzene rings is 1. The van der Waals surface area contributed by atoms with Crippen LogP contribution in [0.1, 0.15) is 43.0 Å². The Hall–Kier alpha value is -1.68. The number of allylic oxidation sites excluding steroid dienone is 2. The van der Waals surface area contributed by atoms with E-state index in [2.05, 4.69) is 35.3 Å². The molecule has 0 spiro atoms. The highest BCUT2D eigenvalue weighted by Crippen LogP contribution is 2.34. The fraction of sp³-hybridized carbons (Fsp3) is 0.474. The van der Waals surface area contributed by atoms with Crippen molar-refractivity contribution in [2.45, 2.75) is 38.0 Å². The molecule has 1 fully saturated rings. The summed E-state index contributed by atoms with van der Waals surface area (Å²) in [6, 6.07) is 8.32. The van der Waals surface area contributed by atoms with Gasteiger partial charge in [-0.25, -0.2) is 4.98 Å². The number of fused-ring (bicyclic) bond motifs is 1. The van der Waals surface area contributed by atoms with E-state index in [1.165, 1.54) is 9.71 Å². The third kappa shape index (κ3) is 3.05. The largest absolute Gasteiger partial charge is 0.342 e. The first-order valence-corrected chi connectivity index (χ1v) is 9.42. The molecule has 1 aromatic heterocycles. The number of carbonyl (C=O) groups is 1. The molecule has 1 aromatic carbocycles. The third-order valence-corrected chi connectivity index (χ3v) is 6.21. The number of hydrogen-bond donors (Lipinski definition) is 0. The zero-order valence-corrected chi connectivity index (χ0v) is 14.1. The summed E-state index contributed by atoms with van der Waals surface area (Å²) < 4.78 is 1.25. The second kappa shape index (κ2) is 6.44. The molecule has 3 nitrogen and oxygen atoms in total. The molecule has 23 heavy (non-hydrogen) atoms. The highest BCUT2D eigenvalue weighted by Gasteiger charge is 2.30. The van der Waals surface area contributed by atoms with E-state index in [0.717, 1.165) is 50.7 Å². The minimum atomic E-state index is 0.203. The predicted octanol–water partition coefficient (Wildman–Crippen LogP) is 4.36. The predicted molar refractivity (Wildman–Crippen MR) is 94.7 cm³/mol. The molecule has 120 valence electrons. The van der Waals surface area contributed by atoms with Gasteiger partial charge in [-0.1, -0.05) is 24.3 Å². The monoisotopic (exact) mass is 326 g/mol. The summed E-state index contributed by atoms with van der Waals surface area (Å²) in [5.74, 6) is 0.971. The molecular formula is C19H22N2OS. The summed E-state index contributed by atoms with van der Waals surface area (Å²) in [7, 11) is 0. The first-order valence-electron chi connectivity index (χ1n) is 8.60. The fourth-order valence-electron chi connectivity index (χ4n) is 3.72. The number of hydrogen-bond acceptors (Lipinski definition) is 3. The van der Waals surface area contributed by atoms with E-state index in [1.807, 2.05) is 6.07 Å². The summed E-state index contributed by atoms with van der Waals surface area (Å²) in [5, 5.41) is 1.20. The minimum Gasteiger partial charge on any atom is -0.342 e. The summed E-state index contributed by atoms with van der Waals surface area (Å²) in [6.07, 6.45) is 9.58. The Bertz CT molecular complexity index is 703. The lowest BCUT2D eigenvalue weighted by Crippen LogP contribution is -2.42. The van der Waals surface area contributed by atoms with E-state index < -0.39 is 0 Å². The average Bonchev–Trinajstić information content (AvgIpc) is 3.06. The van der Waals surface area contributed by atoms with Crippen molar-refractivity contribution in [3.05, 3.63) is 41.4 Å². The Labute approximate surface area is 141 Å². The molecule has 2 atom stereocenters. The van der Waals surface area contributed by atoms with E-state index in [9.17, 15) is 4.79 Å². The number of carbonyl (C=O) groups excluding carboxylic acids is 1. The minimum absolute atomic E-state index is 0.203. The SMILES string of the molecule is O=C([C@H]1CC=CCC1)N1CCC[C@@H](c2nc3ccccc3s2)C1. The number of para-hydroxylation sites is 1. The van der Waals surface area contributed by atoms with Crippen molar-refractivity contribution in [3.8, 4) is 0 Å². The summed E-state index contributed by atoms with van der Waals surface area (Å²) in [6.45, 7) is 1.76. The van der Waals surface area contributed by atoms with Crippen molar-refractivity contribution < 1.29 is 4.79 Å². The Morgan fingerprint density at radius 1 is 1.22 bits per heavy atom. The van der Waals surface area contributed by atoms with Crippen LogP contribution in [0.4, 0.5) is 0 Å². The van der Waals surface area contributed by atoms with Gasteiger partial charge in [-0.15, -0.1) is 11.3 Å². The van der Waals surface area contributed by atoms with E-state index in [4.69, 9.17) is 4.98 Å². The van der Waals surface area contributed by atoms with Gasteiger partial charge < -0.3 is 4.90 Å². The van der Waals surface area contributed by atoms with Gasteiger partial charge in [-0.2, -0.15) is 0 Å². The van der Waals surface area contributed by atoms with Crippen LogP contribution in [0.5, 0.6) is 0 Å². The zero-order chi connectivity index (χ0) is 15.6. The normalized spacial score (nSPS) is 25.0. The number of likely N-dealkylation sites (tertiary alicyclic amines) is 1. The molecule has 0 radical (unpaired) electrons. The third-order valence-electron chi connectivity index (χ3n) is 5.01. The van der Waals surface area contributed by atoms with Crippen molar-refractivity contribution >= 4 is 27.5 Å². The first kappa shape index (κ1) is 14.9. The molecule has 1 saturated heterocycles. The standard InChI is InChI=1S/C19H22N2OS/c22-19(14-7-2-1-3-8-14)21-12-6-9-15(13-21)18-20-16-10-4-5-11-17(16)23-18/h1-2,4-5,10-11,14-15H,3,6-9,12-13H2/t14-,15+/m0/s1. The Morgan fingerprint density at radius 2 is 2.13 bits per heavy atom. The zero-order valence-electron chi connectivity index (χ0n) is 13.3. The lowest BCUT2D eigenvalue weighted by molar-refractivity contribution is -0.137. The highest BCUT2D eigenvalue weighted by molar-refractivity contribution is 7.18. The Balaban J connectivity index is 1.50. The van der Waals surface area contributed by atoms with E-state index in [0.29, 0.717) is 11.8 Å². The van der Waals surface area contributed by atoms with Gasteiger partial charge in [0, 0.05) is 24.9 Å². The molecule has 0 bridgehead atoms. The number of aromatic nitrogens is 1. The van der Waals surface area contributed by atoms with Gasteiger partial charge in [0.2, 0.25) is 5.91 Å². The quantitative estimate of drug-likeness (QED) is 0.768. The maximum atomic E-state index is 12.8. The number of nitrogens with zero attached hydrogens (tertiary/aromatic N) is 2. The lowest BCUT2D eigenvalue weighted by Gasteiger charge is -2.34. The summed E-state index contributed by atoms with van der Waals surface area (Å²) >= 11 is 1.79. The van der Waals surface area contributed by atoms with Gasteiger partial charge in [0.1, 0.15) is 0 Å². The van der Waals surface area contributed by atoms with Gasteiger partial charge in [0.15, 0.2) is 0 Å². The first-order chi connectivity index (χ1) is 11.3. The van der Waals surface area contributed by atoms with Crippen LogP contribution in [0.2, 0.25) is 0 Å². The molecule has 2 aliphatic rings. The van der Waals surface area contributed by atoms with Crippen molar-refractivity contribution in [1.82, 2.24) is 9.88 Å². The number of thiazole rings is 1. The second-order valence-corrected chi connectivity index (χ2v) is 7.69. The summed E-state index contributed by atoms with van der Waals surface area (Å²) in [4.78, 5) is 19.7. The lowest BCUT2D eigenvalue weighted by atomic mass is 9.91. The molecule has 0 N–H and O–H groups in total. The molecule has 1 aliphatic heterocycles. The van der Waals surface area contributed by atoms with Crippen LogP contribution in [0.25, 0.3) is 10.2 Å². The fourth-order valence-corrected chi connectivity index (χ4v) is 4.81. The molecule has 0 unspecified atom stereocenters. The smallest absolute Gasteiger partial charge is 0.226 e. The molecule has 1 amide bonds. The topological polar surface area (TPSA) is 33.2 Å².